The van der Waals surface area contributed by atoms with Crippen LogP contribution in [0.3, 0.4) is 0 Å². The number of aromatic nitrogens is 3. The van der Waals surface area contributed by atoms with Gasteiger partial charge in [-0.15, -0.1) is 0 Å². The summed E-state index contributed by atoms with van der Waals surface area (Å²) in [6, 6.07) is 11.5. The number of pyridine rings is 1. The van der Waals surface area contributed by atoms with Crippen LogP contribution in [0.2, 0.25) is 0 Å². The number of aromatic amines is 1. The SMILES string of the molecule is Cc1ccc(C#N)c(N2CCCC(C(=O)Nc3ccc4nc[nH]c4c3)C2)n1. The van der Waals surface area contributed by atoms with Gasteiger partial charge in [-0.2, -0.15) is 5.26 Å². The first kappa shape index (κ1) is 17.0. The molecule has 3 aromatic rings. The van der Waals surface area contributed by atoms with Crippen molar-refractivity contribution < 1.29 is 4.79 Å². The van der Waals surface area contributed by atoms with E-state index in [1.165, 1.54) is 0 Å². The molecule has 0 spiro atoms. The number of anilines is 2. The second kappa shape index (κ2) is 7.08. The van der Waals surface area contributed by atoms with Crippen LogP contribution in [0, 0.1) is 24.2 Å². The number of hydrogen-bond acceptors (Lipinski definition) is 5. The minimum Gasteiger partial charge on any atom is -0.355 e. The van der Waals surface area contributed by atoms with Crippen LogP contribution in [0.5, 0.6) is 0 Å². The Kier molecular flexibility index (Phi) is 4.47. The summed E-state index contributed by atoms with van der Waals surface area (Å²) >= 11 is 0. The van der Waals surface area contributed by atoms with Gasteiger partial charge in [-0.25, -0.2) is 9.97 Å². The van der Waals surface area contributed by atoms with Crippen molar-refractivity contribution in [2.45, 2.75) is 19.8 Å². The highest BCUT2D eigenvalue weighted by Crippen LogP contribution is 2.26. The molecule has 0 bridgehead atoms. The van der Waals surface area contributed by atoms with Gasteiger partial charge in [0.05, 0.1) is 28.8 Å². The molecule has 27 heavy (non-hydrogen) atoms. The number of amides is 1. The Morgan fingerprint density at radius 2 is 2.26 bits per heavy atom. The minimum absolute atomic E-state index is 0.00951. The highest BCUT2D eigenvalue weighted by atomic mass is 16.1. The van der Waals surface area contributed by atoms with Gasteiger partial charge in [0.2, 0.25) is 5.91 Å². The molecule has 7 heteroatoms. The molecule has 1 fully saturated rings. The lowest BCUT2D eigenvalue weighted by molar-refractivity contribution is -0.120. The van der Waals surface area contributed by atoms with E-state index in [0.717, 1.165) is 41.8 Å². The average molecular weight is 360 g/mol. The van der Waals surface area contributed by atoms with Crippen molar-refractivity contribution in [1.29, 1.82) is 5.26 Å². The zero-order valence-corrected chi connectivity index (χ0v) is 15.1. The smallest absolute Gasteiger partial charge is 0.229 e. The van der Waals surface area contributed by atoms with E-state index in [9.17, 15) is 10.1 Å². The van der Waals surface area contributed by atoms with Crippen molar-refractivity contribution >= 4 is 28.4 Å². The van der Waals surface area contributed by atoms with Gasteiger partial charge in [0.15, 0.2) is 0 Å². The molecule has 1 saturated heterocycles. The lowest BCUT2D eigenvalue weighted by Gasteiger charge is -2.33. The standard InChI is InChI=1S/C20H20N6O/c1-13-4-5-14(10-21)19(24-13)26-8-2-3-15(11-26)20(27)25-16-6-7-17-18(9-16)23-12-22-17/h4-7,9,12,15H,2-3,8,11H2,1H3,(H,22,23)(H,25,27). The number of carbonyl (C=O) groups is 1. The molecule has 1 aliphatic heterocycles. The molecule has 1 aromatic carbocycles. The van der Waals surface area contributed by atoms with Gasteiger partial charge in [-0.1, -0.05) is 0 Å². The fourth-order valence-corrected chi connectivity index (χ4v) is 3.51. The maximum absolute atomic E-state index is 12.8. The molecule has 1 aliphatic rings. The molecule has 1 atom stereocenters. The summed E-state index contributed by atoms with van der Waals surface area (Å²) in [5.41, 5.74) is 3.92. The highest BCUT2D eigenvalue weighted by Gasteiger charge is 2.28. The number of piperidine rings is 1. The number of nitriles is 1. The van der Waals surface area contributed by atoms with Crippen LogP contribution < -0.4 is 10.2 Å². The van der Waals surface area contributed by atoms with Gasteiger partial charge in [-0.3, -0.25) is 4.79 Å². The largest absolute Gasteiger partial charge is 0.355 e. The fraction of sp³-hybridized carbons (Fsp3) is 0.300. The first-order valence-electron chi connectivity index (χ1n) is 9.01. The summed E-state index contributed by atoms with van der Waals surface area (Å²) in [6.45, 7) is 3.27. The summed E-state index contributed by atoms with van der Waals surface area (Å²) in [7, 11) is 0. The topological polar surface area (TPSA) is 97.7 Å². The van der Waals surface area contributed by atoms with Gasteiger partial charge in [0.25, 0.3) is 0 Å². The molecule has 1 amide bonds. The van der Waals surface area contributed by atoms with Crippen LogP contribution >= 0.6 is 0 Å². The van der Waals surface area contributed by atoms with E-state index in [1.54, 1.807) is 12.4 Å². The number of benzene rings is 1. The zero-order valence-electron chi connectivity index (χ0n) is 15.1. The van der Waals surface area contributed by atoms with E-state index < -0.39 is 0 Å². The van der Waals surface area contributed by atoms with Gasteiger partial charge < -0.3 is 15.2 Å². The second-order valence-corrected chi connectivity index (χ2v) is 6.84. The number of imidazole rings is 1. The van der Waals surface area contributed by atoms with Gasteiger partial charge >= 0.3 is 0 Å². The quantitative estimate of drug-likeness (QED) is 0.748. The molecular weight excluding hydrogens is 340 g/mol. The highest BCUT2D eigenvalue weighted by molar-refractivity contribution is 5.94. The van der Waals surface area contributed by atoms with Crippen LogP contribution in [0.4, 0.5) is 11.5 Å². The molecule has 2 aromatic heterocycles. The van der Waals surface area contributed by atoms with Gasteiger partial charge in [-0.05, 0) is 50.1 Å². The molecule has 136 valence electrons. The number of aryl methyl sites for hydroxylation is 1. The number of nitrogens with one attached hydrogen (secondary N) is 2. The molecular formula is C20H20N6O. The Morgan fingerprint density at radius 1 is 1.37 bits per heavy atom. The van der Waals surface area contributed by atoms with Crippen molar-refractivity contribution in [3.8, 4) is 6.07 Å². The lowest BCUT2D eigenvalue weighted by atomic mass is 9.96. The number of carbonyl (C=O) groups excluding carboxylic acids is 1. The van der Waals surface area contributed by atoms with E-state index in [2.05, 4.69) is 31.2 Å². The molecule has 3 heterocycles. The third-order valence-corrected chi connectivity index (χ3v) is 4.91. The number of H-pyrrole nitrogens is 1. The minimum atomic E-state index is -0.148. The van der Waals surface area contributed by atoms with E-state index in [1.807, 2.05) is 31.2 Å². The van der Waals surface area contributed by atoms with Crippen molar-refractivity contribution in [3.05, 3.63) is 47.9 Å². The van der Waals surface area contributed by atoms with E-state index in [-0.39, 0.29) is 11.8 Å². The van der Waals surface area contributed by atoms with Crippen molar-refractivity contribution in [2.75, 3.05) is 23.3 Å². The Bertz CT molecular complexity index is 1030. The predicted octanol–water partition coefficient (Wildman–Crippen LogP) is 2.99. The van der Waals surface area contributed by atoms with Crippen LogP contribution in [0.1, 0.15) is 24.1 Å². The Labute approximate surface area is 157 Å². The molecule has 1 unspecified atom stereocenters. The van der Waals surface area contributed by atoms with Crippen LogP contribution in [0.15, 0.2) is 36.7 Å². The predicted molar refractivity (Wildman–Crippen MR) is 103 cm³/mol. The molecule has 0 aliphatic carbocycles. The summed E-state index contributed by atoms with van der Waals surface area (Å²) in [4.78, 5) is 26.6. The molecule has 4 rings (SSSR count). The normalized spacial score (nSPS) is 16.9. The summed E-state index contributed by atoms with van der Waals surface area (Å²) in [6.07, 6.45) is 3.34. The van der Waals surface area contributed by atoms with Gasteiger partial charge in [0.1, 0.15) is 11.9 Å². The van der Waals surface area contributed by atoms with Crippen LogP contribution in [-0.2, 0) is 4.79 Å². The van der Waals surface area contributed by atoms with E-state index in [0.29, 0.717) is 17.9 Å². The average Bonchev–Trinajstić information content (AvgIpc) is 3.16. The van der Waals surface area contributed by atoms with Gasteiger partial charge in [0, 0.05) is 24.5 Å². The maximum Gasteiger partial charge on any atom is 0.229 e. The zero-order chi connectivity index (χ0) is 18.8. The van der Waals surface area contributed by atoms with E-state index in [4.69, 9.17) is 0 Å². The van der Waals surface area contributed by atoms with Crippen molar-refractivity contribution in [1.82, 2.24) is 15.0 Å². The van der Waals surface area contributed by atoms with Crippen LogP contribution in [-0.4, -0.2) is 33.9 Å². The lowest BCUT2D eigenvalue weighted by Crippen LogP contribution is -2.41. The Morgan fingerprint density at radius 3 is 3.11 bits per heavy atom. The first-order valence-corrected chi connectivity index (χ1v) is 9.01. The Hall–Kier alpha value is -3.40. The number of fused-ring (bicyclic) bond motifs is 1. The van der Waals surface area contributed by atoms with Crippen LogP contribution in [0.25, 0.3) is 11.0 Å². The third-order valence-electron chi connectivity index (χ3n) is 4.91. The molecule has 0 saturated carbocycles. The number of rotatable bonds is 3. The fourth-order valence-electron chi connectivity index (χ4n) is 3.51. The summed E-state index contributed by atoms with van der Waals surface area (Å²) in [5, 5.41) is 12.4. The molecule has 0 radical (unpaired) electrons. The maximum atomic E-state index is 12.8. The first-order chi connectivity index (χ1) is 13.1. The number of nitrogens with zero attached hydrogens (tertiary/aromatic N) is 4. The monoisotopic (exact) mass is 360 g/mol. The summed E-state index contributed by atoms with van der Waals surface area (Å²) < 4.78 is 0. The second-order valence-electron chi connectivity index (χ2n) is 6.84. The van der Waals surface area contributed by atoms with Crippen molar-refractivity contribution in [2.24, 2.45) is 5.92 Å². The molecule has 7 nitrogen and oxygen atoms in total. The van der Waals surface area contributed by atoms with Crippen molar-refractivity contribution in [3.63, 3.8) is 0 Å². The third kappa shape index (κ3) is 3.47. The number of hydrogen-bond donors (Lipinski definition) is 2. The summed E-state index contributed by atoms with van der Waals surface area (Å²) in [5.74, 6) is 0.517. The van der Waals surface area contributed by atoms with E-state index >= 15 is 0 Å². The Balaban J connectivity index is 1.50. The molecule has 2 N–H and O–H groups in total.